The number of hydrogen-bond acceptors (Lipinski definition) is 5. The molecule has 3 aliphatic rings. The van der Waals surface area contributed by atoms with E-state index < -0.39 is 5.79 Å². The summed E-state index contributed by atoms with van der Waals surface area (Å²) >= 11 is 1.60. The predicted molar refractivity (Wildman–Crippen MR) is 82.8 cm³/mol. The van der Waals surface area contributed by atoms with Gasteiger partial charge in [-0.1, -0.05) is 6.42 Å². The molecule has 5 nitrogen and oxygen atoms in total. The van der Waals surface area contributed by atoms with Crippen molar-refractivity contribution in [3.8, 4) is 0 Å². The molecule has 1 spiro atoms. The average molecular weight is 322 g/mol. The van der Waals surface area contributed by atoms with Gasteiger partial charge in [0.1, 0.15) is 5.01 Å². The summed E-state index contributed by atoms with van der Waals surface area (Å²) in [5, 5.41) is 6.15. The largest absolute Gasteiger partial charge is 0.348 e. The second-order valence-corrected chi connectivity index (χ2v) is 7.43. The standard InChI is InChI=1S/C16H22N2O3S/c19-14(9-15-17-12(10-22-15)11-4-5-11)18-13-3-1-2-6-16(13)20-7-8-21-16/h10-11,13H,1-9H2,(H,18,19). The van der Waals surface area contributed by atoms with Gasteiger partial charge in [-0.3, -0.25) is 4.79 Å². The molecule has 4 rings (SSSR count). The first-order valence-corrected chi connectivity index (χ1v) is 9.15. The Kier molecular flexibility index (Phi) is 3.92. The molecule has 1 amide bonds. The van der Waals surface area contributed by atoms with E-state index in [1.165, 1.54) is 18.5 Å². The Labute approximate surface area is 134 Å². The molecule has 3 fully saturated rings. The highest BCUT2D eigenvalue weighted by atomic mass is 32.1. The Balaban J connectivity index is 1.37. The van der Waals surface area contributed by atoms with Crippen LogP contribution in [0.1, 0.15) is 55.1 Å². The number of carbonyl (C=O) groups is 1. The Morgan fingerprint density at radius 3 is 2.91 bits per heavy atom. The van der Waals surface area contributed by atoms with E-state index in [0.717, 1.165) is 30.7 Å². The first-order valence-electron chi connectivity index (χ1n) is 8.27. The van der Waals surface area contributed by atoms with E-state index in [1.807, 2.05) is 0 Å². The van der Waals surface area contributed by atoms with E-state index in [4.69, 9.17) is 9.47 Å². The number of aromatic nitrogens is 1. The fourth-order valence-electron chi connectivity index (χ4n) is 3.47. The van der Waals surface area contributed by atoms with E-state index in [-0.39, 0.29) is 11.9 Å². The number of nitrogens with zero attached hydrogens (tertiary/aromatic N) is 1. The lowest BCUT2D eigenvalue weighted by atomic mass is 9.89. The Hall–Kier alpha value is -0.980. The molecule has 2 heterocycles. The molecule has 1 aliphatic heterocycles. The molecular formula is C16H22N2O3S. The van der Waals surface area contributed by atoms with Crippen LogP contribution in [0.3, 0.4) is 0 Å². The van der Waals surface area contributed by atoms with Crippen molar-refractivity contribution >= 4 is 17.2 Å². The van der Waals surface area contributed by atoms with Crippen LogP contribution in [-0.2, 0) is 20.7 Å². The molecule has 1 saturated heterocycles. The van der Waals surface area contributed by atoms with Crippen LogP contribution in [0.4, 0.5) is 0 Å². The molecule has 1 aromatic heterocycles. The van der Waals surface area contributed by atoms with Crippen LogP contribution >= 0.6 is 11.3 Å². The molecule has 1 atom stereocenters. The number of ether oxygens (including phenoxy) is 2. The minimum atomic E-state index is -0.573. The molecular weight excluding hydrogens is 300 g/mol. The maximum Gasteiger partial charge on any atom is 0.227 e. The monoisotopic (exact) mass is 322 g/mol. The maximum absolute atomic E-state index is 12.4. The number of rotatable bonds is 4. The molecule has 0 radical (unpaired) electrons. The minimum Gasteiger partial charge on any atom is -0.348 e. The van der Waals surface area contributed by atoms with Crippen LogP contribution in [0.5, 0.6) is 0 Å². The van der Waals surface area contributed by atoms with Crippen LogP contribution in [-0.4, -0.2) is 35.9 Å². The molecule has 1 N–H and O–H groups in total. The highest BCUT2D eigenvalue weighted by Gasteiger charge is 2.46. The Morgan fingerprint density at radius 2 is 2.14 bits per heavy atom. The molecule has 2 saturated carbocycles. The summed E-state index contributed by atoms with van der Waals surface area (Å²) in [4.78, 5) is 16.9. The summed E-state index contributed by atoms with van der Waals surface area (Å²) in [7, 11) is 0. The Bertz CT molecular complexity index is 549. The van der Waals surface area contributed by atoms with Crippen molar-refractivity contribution in [1.82, 2.24) is 10.3 Å². The third-order valence-corrected chi connectivity index (χ3v) is 5.65. The van der Waals surface area contributed by atoms with Crippen LogP contribution < -0.4 is 5.32 Å². The number of nitrogens with one attached hydrogen (secondary N) is 1. The number of thiazole rings is 1. The van der Waals surface area contributed by atoms with Gasteiger partial charge in [0.25, 0.3) is 0 Å². The number of amides is 1. The van der Waals surface area contributed by atoms with Gasteiger partial charge in [0.05, 0.1) is 31.4 Å². The lowest BCUT2D eigenvalue weighted by Gasteiger charge is -2.39. The number of carbonyl (C=O) groups excluding carboxylic acids is 1. The zero-order valence-corrected chi connectivity index (χ0v) is 13.5. The SMILES string of the molecule is O=C(Cc1nc(C2CC2)cs1)NC1CCCCC12OCCO2. The van der Waals surface area contributed by atoms with Gasteiger partial charge in [-0.15, -0.1) is 11.3 Å². The van der Waals surface area contributed by atoms with Gasteiger partial charge in [0.2, 0.25) is 5.91 Å². The lowest BCUT2D eigenvalue weighted by Crippen LogP contribution is -2.55. The van der Waals surface area contributed by atoms with Crippen molar-refractivity contribution in [2.45, 2.75) is 62.7 Å². The van der Waals surface area contributed by atoms with Crippen molar-refractivity contribution in [2.24, 2.45) is 0 Å². The summed E-state index contributed by atoms with van der Waals surface area (Å²) in [6, 6.07) is -0.0286. The first kappa shape index (κ1) is 14.6. The average Bonchev–Trinajstić information content (AvgIpc) is 3.08. The van der Waals surface area contributed by atoms with Crippen molar-refractivity contribution in [2.75, 3.05) is 13.2 Å². The van der Waals surface area contributed by atoms with Crippen LogP contribution in [0.2, 0.25) is 0 Å². The van der Waals surface area contributed by atoms with Crippen molar-refractivity contribution in [3.05, 3.63) is 16.1 Å². The molecule has 0 bridgehead atoms. The van der Waals surface area contributed by atoms with Crippen LogP contribution in [0.15, 0.2) is 5.38 Å². The fraction of sp³-hybridized carbons (Fsp3) is 0.750. The van der Waals surface area contributed by atoms with Gasteiger partial charge < -0.3 is 14.8 Å². The minimum absolute atomic E-state index is 0.0286. The summed E-state index contributed by atoms with van der Waals surface area (Å²) in [5.74, 6) is 0.104. The molecule has 2 aliphatic carbocycles. The van der Waals surface area contributed by atoms with E-state index in [0.29, 0.717) is 25.6 Å². The van der Waals surface area contributed by atoms with Crippen molar-refractivity contribution < 1.29 is 14.3 Å². The Morgan fingerprint density at radius 1 is 1.32 bits per heavy atom. The van der Waals surface area contributed by atoms with Crippen molar-refractivity contribution in [1.29, 1.82) is 0 Å². The molecule has 1 unspecified atom stereocenters. The summed E-state index contributed by atoms with van der Waals surface area (Å²) < 4.78 is 11.7. The second kappa shape index (κ2) is 5.91. The fourth-order valence-corrected chi connectivity index (χ4v) is 4.34. The van der Waals surface area contributed by atoms with Crippen molar-refractivity contribution in [3.63, 3.8) is 0 Å². The van der Waals surface area contributed by atoms with Gasteiger partial charge in [0.15, 0.2) is 5.79 Å². The van der Waals surface area contributed by atoms with E-state index in [9.17, 15) is 4.79 Å². The van der Waals surface area contributed by atoms with Gasteiger partial charge in [0, 0.05) is 17.7 Å². The summed E-state index contributed by atoms with van der Waals surface area (Å²) in [6.45, 7) is 1.26. The normalized spacial score (nSPS) is 27.2. The highest BCUT2D eigenvalue weighted by molar-refractivity contribution is 7.09. The zero-order valence-electron chi connectivity index (χ0n) is 12.7. The van der Waals surface area contributed by atoms with Gasteiger partial charge in [-0.2, -0.15) is 0 Å². The number of hydrogen-bond donors (Lipinski definition) is 1. The molecule has 0 aromatic carbocycles. The molecule has 22 heavy (non-hydrogen) atoms. The first-order chi connectivity index (χ1) is 10.8. The van der Waals surface area contributed by atoms with E-state index in [1.54, 1.807) is 11.3 Å². The third kappa shape index (κ3) is 2.92. The molecule has 6 heteroatoms. The predicted octanol–water partition coefficient (Wildman–Crippen LogP) is 2.36. The van der Waals surface area contributed by atoms with Crippen LogP contribution in [0, 0.1) is 0 Å². The lowest BCUT2D eigenvalue weighted by molar-refractivity contribution is -0.196. The molecule has 120 valence electrons. The summed E-state index contributed by atoms with van der Waals surface area (Å²) in [5.41, 5.74) is 1.17. The van der Waals surface area contributed by atoms with E-state index >= 15 is 0 Å². The summed E-state index contributed by atoms with van der Waals surface area (Å²) in [6.07, 6.45) is 6.87. The maximum atomic E-state index is 12.4. The zero-order chi connectivity index (χ0) is 15.0. The second-order valence-electron chi connectivity index (χ2n) is 6.49. The smallest absolute Gasteiger partial charge is 0.227 e. The quantitative estimate of drug-likeness (QED) is 0.924. The topological polar surface area (TPSA) is 60.5 Å². The highest BCUT2D eigenvalue weighted by Crippen LogP contribution is 2.40. The van der Waals surface area contributed by atoms with Crippen LogP contribution in [0.25, 0.3) is 0 Å². The van der Waals surface area contributed by atoms with E-state index in [2.05, 4.69) is 15.7 Å². The van der Waals surface area contributed by atoms with Gasteiger partial charge >= 0.3 is 0 Å². The van der Waals surface area contributed by atoms with Gasteiger partial charge in [-0.05, 0) is 25.7 Å². The van der Waals surface area contributed by atoms with Gasteiger partial charge in [-0.25, -0.2) is 4.98 Å². The third-order valence-electron chi connectivity index (χ3n) is 4.79. The molecule has 1 aromatic rings.